The Morgan fingerprint density at radius 2 is 2.10 bits per heavy atom. The van der Waals surface area contributed by atoms with Gasteiger partial charge in [0.2, 0.25) is 0 Å². The van der Waals surface area contributed by atoms with E-state index < -0.39 is 12.0 Å². The maximum absolute atomic E-state index is 12.8. The molecule has 2 atom stereocenters. The number of aryl methyl sites for hydroxylation is 1. The van der Waals surface area contributed by atoms with E-state index >= 15 is 0 Å². The molecule has 1 heterocycles. The van der Waals surface area contributed by atoms with Gasteiger partial charge in [-0.15, -0.1) is 11.8 Å². The second-order valence-corrected chi connectivity index (χ2v) is 7.08. The summed E-state index contributed by atoms with van der Waals surface area (Å²) in [6, 6.07) is 4.27. The van der Waals surface area contributed by atoms with Crippen molar-refractivity contribution >= 4 is 35.2 Å². The number of thioether (sulfide) groups is 1. The molecule has 114 valence electrons. The first-order valence-electron chi connectivity index (χ1n) is 6.76. The molecule has 1 saturated heterocycles. The van der Waals surface area contributed by atoms with E-state index in [1.54, 1.807) is 18.2 Å². The largest absolute Gasteiger partial charge is 0.480 e. The summed E-state index contributed by atoms with van der Waals surface area (Å²) in [5.74, 6) is -0.571. The molecule has 1 aliphatic heterocycles. The zero-order chi connectivity index (χ0) is 15.7. The molecule has 21 heavy (non-hydrogen) atoms. The highest BCUT2D eigenvalue weighted by Crippen LogP contribution is 2.35. The zero-order valence-corrected chi connectivity index (χ0v) is 13.7. The van der Waals surface area contributed by atoms with E-state index in [-0.39, 0.29) is 17.2 Å². The van der Waals surface area contributed by atoms with Crippen molar-refractivity contribution in [1.29, 1.82) is 0 Å². The van der Waals surface area contributed by atoms with Crippen LogP contribution in [-0.4, -0.2) is 39.1 Å². The lowest BCUT2D eigenvalue weighted by molar-refractivity contribution is -0.141. The Hall–Kier alpha value is -1.20. The van der Waals surface area contributed by atoms with Gasteiger partial charge in [-0.25, -0.2) is 4.79 Å². The van der Waals surface area contributed by atoms with Crippen LogP contribution in [-0.2, 0) is 4.79 Å². The predicted octanol–water partition coefficient (Wildman–Crippen LogP) is 3.27. The standard InChI is InChI=1S/C15H18ClNO3S/c1-8(2)14-17(12(7-21-14)15(19)20)13(18)11-5-4-10(16)6-9(11)3/h4-6,8,12,14H,7H2,1-3H3,(H,19,20). The van der Waals surface area contributed by atoms with Gasteiger partial charge in [0.15, 0.2) is 0 Å². The number of amides is 1. The SMILES string of the molecule is Cc1cc(Cl)ccc1C(=O)N1C(C(=O)O)CSC1C(C)C. The van der Waals surface area contributed by atoms with Gasteiger partial charge in [-0.3, -0.25) is 4.79 Å². The van der Waals surface area contributed by atoms with E-state index in [1.165, 1.54) is 16.7 Å². The molecule has 6 heteroatoms. The lowest BCUT2D eigenvalue weighted by atomic mass is 10.1. The fraction of sp³-hybridized carbons (Fsp3) is 0.467. The third-order valence-corrected chi connectivity index (χ3v) is 5.40. The van der Waals surface area contributed by atoms with E-state index in [2.05, 4.69) is 0 Å². The van der Waals surface area contributed by atoms with Crippen LogP contribution in [0.25, 0.3) is 0 Å². The molecule has 0 radical (unpaired) electrons. The van der Waals surface area contributed by atoms with Crippen molar-refractivity contribution in [2.24, 2.45) is 5.92 Å². The van der Waals surface area contributed by atoms with Gasteiger partial charge in [-0.2, -0.15) is 0 Å². The number of halogens is 1. The Morgan fingerprint density at radius 1 is 1.43 bits per heavy atom. The number of carboxylic acids is 1. The number of carbonyl (C=O) groups is 2. The number of hydrogen-bond donors (Lipinski definition) is 1. The first-order chi connectivity index (χ1) is 9.82. The van der Waals surface area contributed by atoms with Gasteiger partial charge < -0.3 is 10.0 Å². The van der Waals surface area contributed by atoms with Crippen molar-refractivity contribution in [2.45, 2.75) is 32.2 Å². The van der Waals surface area contributed by atoms with Gasteiger partial charge in [0, 0.05) is 16.3 Å². The van der Waals surface area contributed by atoms with Crippen LogP contribution in [0.5, 0.6) is 0 Å². The summed E-state index contributed by atoms with van der Waals surface area (Å²) in [5.41, 5.74) is 1.27. The summed E-state index contributed by atoms with van der Waals surface area (Å²) in [4.78, 5) is 25.7. The van der Waals surface area contributed by atoms with Gasteiger partial charge >= 0.3 is 5.97 Å². The summed E-state index contributed by atoms with van der Waals surface area (Å²) in [7, 11) is 0. The highest BCUT2D eigenvalue weighted by atomic mass is 35.5. The second kappa shape index (κ2) is 6.28. The average molecular weight is 328 g/mol. The summed E-state index contributed by atoms with van der Waals surface area (Å²) < 4.78 is 0. The highest BCUT2D eigenvalue weighted by Gasteiger charge is 2.43. The molecule has 0 aromatic heterocycles. The van der Waals surface area contributed by atoms with E-state index in [0.29, 0.717) is 16.3 Å². The lowest BCUT2D eigenvalue weighted by Crippen LogP contribution is -2.47. The van der Waals surface area contributed by atoms with Gasteiger partial charge in [0.1, 0.15) is 6.04 Å². The van der Waals surface area contributed by atoms with Crippen LogP contribution in [0.2, 0.25) is 5.02 Å². The van der Waals surface area contributed by atoms with Crippen molar-refractivity contribution < 1.29 is 14.7 Å². The van der Waals surface area contributed by atoms with E-state index in [0.717, 1.165) is 5.56 Å². The Kier molecular flexibility index (Phi) is 4.84. The van der Waals surface area contributed by atoms with Crippen molar-refractivity contribution in [3.05, 3.63) is 34.3 Å². The minimum atomic E-state index is -0.953. The summed E-state index contributed by atoms with van der Waals surface area (Å²) in [5, 5.41) is 9.81. The van der Waals surface area contributed by atoms with Crippen LogP contribution in [0.1, 0.15) is 29.8 Å². The minimum absolute atomic E-state index is 0.117. The molecular formula is C15H18ClNO3S. The van der Waals surface area contributed by atoms with Crippen LogP contribution >= 0.6 is 23.4 Å². The second-order valence-electron chi connectivity index (χ2n) is 5.49. The normalized spacial score (nSPS) is 21.9. The lowest BCUT2D eigenvalue weighted by Gasteiger charge is -2.30. The molecule has 2 unspecified atom stereocenters. The van der Waals surface area contributed by atoms with Gasteiger partial charge in [-0.1, -0.05) is 25.4 Å². The molecule has 1 aromatic carbocycles. The van der Waals surface area contributed by atoms with Crippen LogP contribution in [0.15, 0.2) is 18.2 Å². The Bertz CT molecular complexity index is 576. The zero-order valence-electron chi connectivity index (χ0n) is 12.2. The van der Waals surface area contributed by atoms with Gasteiger partial charge in [0.25, 0.3) is 5.91 Å². The maximum Gasteiger partial charge on any atom is 0.327 e. The molecule has 1 aromatic rings. The quantitative estimate of drug-likeness (QED) is 0.925. The molecule has 0 spiro atoms. The molecule has 1 amide bonds. The number of rotatable bonds is 3. The summed E-state index contributed by atoms with van der Waals surface area (Å²) in [6.45, 7) is 5.80. The van der Waals surface area contributed by atoms with Crippen LogP contribution < -0.4 is 0 Å². The number of nitrogens with zero attached hydrogens (tertiary/aromatic N) is 1. The number of benzene rings is 1. The highest BCUT2D eigenvalue weighted by molar-refractivity contribution is 8.00. The minimum Gasteiger partial charge on any atom is -0.480 e. The molecule has 0 aliphatic carbocycles. The first kappa shape index (κ1) is 16.2. The van der Waals surface area contributed by atoms with Crippen molar-refractivity contribution in [3.8, 4) is 0 Å². The number of aliphatic carboxylic acids is 1. The fourth-order valence-corrected chi connectivity index (χ4v) is 4.19. The van der Waals surface area contributed by atoms with Gasteiger partial charge in [0.05, 0.1) is 5.37 Å². The maximum atomic E-state index is 12.8. The molecule has 0 bridgehead atoms. The Balaban J connectivity index is 2.39. The van der Waals surface area contributed by atoms with E-state index in [1.807, 2.05) is 20.8 Å². The third kappa shape index (κ3) is 3.19. The van der Waals surface area contributed by atoms with Crippen LogP contribution in [0.3, 0.4) is 0 Å². The Labute approximate surface area is 133 Å². The van der Waals surface area contributed by atoms with E-state index in [9.17, 15) is 14.7 Å². The molecular weight excluding hydrogens is 310 g/mol. The van der Waals surface area contributed by atoms with Crippen LogP contribution in [0.4, 0.5) is 0 Å². The molecule has 2 rings (SSSR count). The smallest absolute Gasteiger partial charge is 0.327 e. The number of hydrogen-bond acceptors (Lipinski definition) is 3. The predicted molar refractivity (Wildman–Crippen MR) is 84.9 cm³/mol. The van der Waals surface area contributed by atoms with Crippen LogP contribution in [0, 0.1) is 12.8 Å². The number of carbonyl (C=O) groups excluding carboxylic acids is 1. The molecule has 4 nitrogen and oxygen atoms in total. The number of carboxylic acid groups (broad SMARTS) is 1. The molecule has 1 aliphatic rings. The summed E-state index contributed by atoms with van der Waals surface area (Å²) >= 11 is 7.44. The Morgan fingerprint density at radius 3 is 2.62 bits per heavy atom. The monoisotopic (exact) mass is 327 g/mol. The molecule has 1 fully saturated rings. The molecule has 0 saturated carbocycles. The molecule has 1 N–H and O–H groups in total. The fourth-order valence-electron chi connectivity index (χ4n) is 2.49. The van der Waals surface area contributed by atoms with Crippen molar-refractivity contribution in [2.75, 3.05) is 5.75 Å². The van der Waals surface area contributed by atoms with E-state index in [4.69, 9.17) is 11.6 Å². The summed E-state index contributed by atoms with van der Waals surface area (Å²) in [6.07, 6.45) is 0. The van der Waals surface area contributed by atoms with Crippen molar-refractivity contribution in [3.63, 3.8) is 0 Å². The average Bonchev–Trinajstić information content (AvgIpc) is 2.82. The van der Waals surface area contributed by atoms with Gasteiger partial charge in [-0.05, 0) is 36.6 Å². The van der Waals surface area contributed by atoms with Crippen molar-refractivity contribution in [1.82, 2.24) is 4.90 Å². The topological polar surface area (TPSA) is 57.6 Å². The third-order valence-electron chi connectivity index (χ3n) is 3.54. The first-order valence-corrected chi connectivity index (χ1v) is 8.18.